The van der Waals surface area contributed by atoms with Crippen LogP contribution in [0.25, 0.3) is 0 Å². The summed E-state index contributed by atoms with van der Waals surface area (Å²) < 4.78 is 28.7. The molecule has 1 saturated heterocycles. The zero-order valence-electron chi connectivity index (χ0n) is 10.7. The summed E-state index contributed by atoms with van der Waals surface area (Å²) >= 11 is 5.73. The van der Waals surface area contributed by atoms with Crippen LogP contribution in [0.3, 0.4) is 0 Å². The lowest BCUT2D eigenvalue weighted by Gasteiger charge is -2.25. The standard InChI is InChI=1S/C13H18ClNO3S/c14-12-4-6-13(7-5-12)18-19(16,17)11-10-15-8-2-1-3-9-15/h4-7H,1-3,8-11H2. The number of hydrogen-bond donors (Lipinski definition) is 0. The molecule has 1 aliphatic heterocycles. The van der Waals surface area contributed by atoms with Crippen molar-refractivity contribution in [3.63, 3.8) is 0 Å². The molecule has 0 atom stereocenters. The van der Waals surface area contributed by atoms with E-state index in [1.807, 2.05) is 0 Å². The first-order valence-corrected chi connectivity index (χ1v) is 8.41. The van der Waals surface area contributed by atoms with E-state index in [9.17, 15) is 8.42 Å². The Balaban J connectivity index is 1.85. The number of nitrogens with zero attached hydrogens (tertiary/aromatic N) is 1. The molecule has 1 heterocycles. The Morgan fingerprint density at radius 1 is 1.11 bits per heavy atom. The second-order valence-electron chi connectivity index (χ2n) is 4.70. The van der Waals surface area contributed by atoms with Crippen molar-refractivity contribution in [2.24, 2.45) is 0 Å². The first kappa shape index (κ1) is 14.6. The molecule has 0 aromatic heterocycles. The van der Waals surface area contributed by atoms with Gasteiger partial charge in [0, 0.05) is 11.6 Å². The molecular formula is C13H18ClNO3S. The highest BCUT2D eigenvalue weighted by atomic mass is 35.5. The maximum absolute atomic E-state index is 11.8. The summed E-state index contributed by atoms with van der Waals surface area (Å²) in [5.41, 5.74) is 0. The van der Waals surface area contributed by atoms with Crippen molar-refractivity contribution in [2.45, 2.75) is 19.3 Å². The number of piperidine rings is 1. The summed E-state index contributed by atoms with van der Waals surface area (Å²) in [5.74, 6) is 0.332. The predicted octanol–water partition coefficient (Wildman–Crippen LogP) is 2.53. The fraction of sp³-hybridized carbons (Fsp3) is 0.538. The molecule has 0 amide bonds. The molecule has 0 bridgehead atoms. The zero-order chi connectivity index (χ0) is 13.7. The second-order valence-corrected chi connectivity index (χ2v) is 6.83. The first-order valence-electron chi connectivity index (χ1n) is 6.45. The maximum Gasteiger partial charge on any atom is 0.310 e. The largest absolute Gasteiger partial charge is 0.382 e. The van der Waals surface area contributed by atoms with Crippen LogP contribution in [-0.4, -0.2) is 38.7 Å². The molecule has 6 heteroatoms. The molecule has 0 saturated carbocycles. The molecule has 0 spiro atoms. The quantitative estimate of drug-likeness (QED) is 0.784. The van der Waals surface area contributed by atoms with Gasteiger partial charge in [-0.1, -0.05) is 18.0 Å². The molecule has 106 valence electrons. The van der Waals surface area contributed by atoms with Gasteiger partial charge < -0.3 is 9.08 Å². The van der Waals surface area contributed by atoms with Crippen LogP contribution in [0.1, 0.15) is 19.3 Å². The van der Waals surface area contributed by atoms with Gasteiger partial charge in [0.05, 0.1) is 5.75 Å². The van der Waals surface area contributed by atoms with Gasteiger partial charge in [-0.2, -0.15) is 8.42 Å². The van der Waals surface area contributed by atoms with Crippen molar-refractivity contribution in [3.05, 3.63) is 29.3 Å². The summed E-state index contributed by atoms with van der Waals surface area (Å²) in [6.45, 7) is 2.50. The molecule has 2 rings (SSSR count). The Kier molecular flexibility index (Phi) is 5.07. The van der Waals surface area contributed by atoms with Gasteiger partial charge in [-0.25, -0.2) is 0 Å². The number of benzene rings is 1. The zero-order valence-corrected chi connectivity index (χ0v) is 12.3. The normalized spacial score (nSPS) is 17.3. The Morgan fingerprint density at radius 2 is 1.74 bits per heavy atom. The molecule has 1 aromatic rings. The van der Waals surface area contributed by atoms with Gasteiger partial charge in [-0.15, -0.1) is 0 Å². The third kappa shape index (κ3) is 5.01. The Labute approximate surface area is 119 Å². The average Bonchev–Trinajstić information content (AvgIpc) is 2.40. The number of likely N-dealkylation sites (tertiary alicyclic amines) is 1. The van der Waals surface area contributed by atoms with Gasteiger partial charge in [0.2, 0.25) is 0 Å². The van der Waals surface area contributed by atoms with Crippen molar-refractivity contribution in [1.82, 2.24) is 4.90 Å². The molecular weight excluding hydrogens is 286 g/mol. The van der Waals surface area contributed by atoms with Crippen LogP contribution < -0.4 is 4.18 Å². The van der Waals surface area contributed by atoms with Crippen molar-refractivity contribution in [3.8, 4) is 5.75 Å². The minimum absolute atomic E-state index is 0.0234. The Hall–Kier alpha value is -0.780. The smallest absolute Gasteiger partial charge is 0.310 e. The van der Waals surface area contributed by atoms with Gasteiger partial charge in [0.1, 0.15) is 5.75 Å². The van der Waals surface area contributed by atoms with Crippen LogP contribution in [0.4, 0.5) is 0 Å². The molecule has 1 aromatic carbocycles. The topological polar surface area (TPSA) is 46.6 Å². The fourth-order valence-electron chi connectivity index (χ4n) is 2.10. The minimum atomic E-state index is -3.53. The molecule has 4 nitrogen and oxygen atoms in total. The van der Waals surface area contributed by atoms with E-state index in [0.717, 1.165) is 25.9 Å². The minimum Gasteiger partial charge on any atom is -0.382 e. The second kappa shape index (κ2) is 6.59. The highest BCUT2D eigenvalue weighted by Crippen LogP contribution is 2.17. The molecule has 0 radical (unpaired) electrons. The monoisotopic (exact) mass is 303 g/mol. The summed E-state index contributed by atoms with van der Waals surface area (Å²) in [5, 5.41) is 0.554. The van der Waals surface area contributed by atoms with Gasteiger partial charge in [0.15, 0.2) is 0 Å². The van der Waals surface area contributed by atoms with E-state index in [2.05, 4.69) is 4.90 Å². The molecule has 1 fully saturated rings. The summed E-state index contributed by atoms with van der Waals surface area (Å²) in [7, 11) is -3.53. The third-order valence-corrected chi connectivity index (χ3v) is 4.52. The first-order chi connectivity index (χ1) is 9.05. The van der Waals surface area contributed by atoms with Crippen LogP contribution in [-0.2, 0) is 10.1 Å². The highest BCUT2D eigenvalue weighted by Gasteiger charge is 2.17. The lowest BCUT2D eigenvalue weighted by molar-refractivity contribution is 0.240. The van der Waals surface area contributed by atoms with E-state index in [1.54, 1.807) is 24.3 Å². The predicted molar refractivity (Wildman–Crippen MR) is 76.2 cm³/mol. The number of hydrogen-bond acceptors (Lipinski definition) is 4. The molecule has 0 N–H and O–H groups in total. The number of halogens is 1. The van der Waals surface area contributed by atoms with Crippen LogP contribution in [0.2, 0.25) is 5.02 Å². The Bertz CT molecular complexity index is 495. The van der Waals surface area contributed by atoms with Gasteiger partial charge >= 0.3 is 10.1 Å². The summed E-state index contributed by atoms with van der Waals surface area (Å²) in [6.07, 6.45) is 3.54. The molecule has 0 unspecified atom stereocenters. The van der Waals surface area contributed by atoms with E-state index in [0.29, 0.717) is 17.3 Å². The molecule has 19 heavy (non-hydrogen) atoms. The van der Waals surface area contributed by atoms with Gasteiger partial charge in [-0.3, -0.25) is 0 Å². The van der Waals surface area contributed by atoms with Crippen LogP contribution in [0, 0.1) is 0 Å². The fourth-order valence-corrected chi connectivity index (χ4v) is 3.20. The van der Waals surface area contributed by atoms with E-state index in [4.69, 9.17) is 15.8 Å². The maximum atomic E-state index is 11.8. The SMILES string of the molecule is O=S(=O)(CCN1CCCCC1)Oc1ccc(Cl)cc1. The summed E-state index contributed by atoms with van der Waals surface area (Å²) in [6, 6.07) is 6.33. The van der Waals surface area contributed by atoms with Gasteiger partial charge in [-0.05, 0) is 50.2 Å². The third-order valence-electron chi connectivity index (χ3n) is 3.14. The van der Waals surface area contributed by atoms with Crippen molar-refractivity contribution >= 4 is 21.7 Å². The van der Waals surface area contributed by atoms with Gasteiger partial charge in [0.25, 0.3) is 0 Å². The lowest BCUT2D eigenvalue weighted by Crippen LogP contribution is -2.34. The van der Waals surface area contributed by atoms with E-state index in [-0.39, 0.29) is 5.75 Å². The van der Waals surface area contributed by atoms with E-state index in [1.165, 1.54) is 6.42 Å². The van der Waals surface area contributed by atoms with E-state index >= 15 is 0 Å². The average molecular weight is 304 g/mol. The molecule has 1 aliphatic rings. The van der Waals surface area contributed by atoms with E-state index < -0.39 is 10.1 Å². The Morgan fingerprint density at radius 3 is 2.37 bits per heavy atom. The number of rotatable bonds is 5. The molecule has 0 aliphatic carbocycles. The van der Waals surface area contributed by atoms with Crippen LogP contribution >= 0.6 is 11.6 Å². The van der Waals surface area contributed by atoms with Crippen LogP contribution in [0.5, 0.6) is 5.75 Å². The van der Waals surface area contributed by atoms with Crippen molar-refractivity contribution in [1.29, 1.82) is 0 Å². The summed E-state index contributed by atoms with van der Waals surface area (Å²) in [4.78, 5) is 2.17. The van der Waals surface area contributed by atoms with Crippen molar-refractivity contribution in [2.75, 3.05) is 25.4 Å². The van der Waals surface area contributed by atoms with Crippen LogP contribution in [0.15, 0.2) is 24.3 Å². The van der Waals surface area contributed by atoms with Crippen molar-refractivity contribution < 1.29 is 12.6 Å². The highest BCUT2D eigenvalue weighted by molar-refractivity contribution is 7.87. The lowest BCUT2D eigenvalue weighted by atomic mass is 10.1.